The predicted octanol–water partition coefficient (Wildman–Crippen LogP) is 9.73. The van der Waals surface area contributed by atoms with Gasteiger partial charge in [0.05, 0.1) is 11.0 Å². The van der Waals surface area contributed by atoms with E-state index in [1.807, 2.05) is 6.07 Å². The lowest BCUT2D eigenvalue weighted by Gasteiger charge is -2.34. The van der Waals surface area contributed by atoms with Gasteiger partial charge in [-0.15, -0.1) is 0 Å². The number of hydrogen-bond donors (Lipinski definition) is 0. The van der Waals surface area contributed by atoms with Crippen LogP contribution in [0.4, 0.5) is 0 Å². The van der Waals surface area contributed by atoms with E-state index in [0.717, 1.165) is 38.8 Å². The molecule has 0 fully saturated rings. The molecule has 0 atom stereocenters. The Labute approximate surface area is 297 Å². The largest absolute Gasteiger partial charge is 0.455 e. The third-order valence-corrected chi connectivity index (χ3v) is 15.4. The lowest BCUT2D eigenvalue weighted by molar-refractivity contribution is 0.670. The summed E-state index contributed by atoms with van der Waals surface area (Å²) in [6.45, 7) is 0. The Morgan fingerprint density at radius 2 is 0.824 bits per heavy atom. The maximum absolute atomic E-state index is 6.45. The summed E-state index contributed by atoms with van der Waals surface area (Å²) in [5.74, 6) is 0. The normalized spacial score (nSPS) is 11.9. The van der Waals surface area contributed by atoms with Gasteiger partial charge in [0.2, 0.25) is 0 Å². The first-order valence-electron chi connectivity index (χ1n) is 17.5. The minimum absolute atomic E-state index is 0.917. The van der Waals surface area contributed by atoms with E-state index in [-0.39, 0.29) is 0 Å². The van der Waals surface area contributed by atoms with Crippen LogP contribution in [0.3, 0.4) is 0 Å². The highest BCUT2D eigenvalue weighted by Crippen LogP contribution is 2.36. The zero-order valence-electron chi connectivity index (χ0n) is 27.9. The summed E-state index contributed by atoms with van der Waals surface area (Å²) in [6, 6.07) is 73.2. The summed E-state index contributed by atoms with van der Waals surface area (Å²) in [7, 11) is -2.75. The van der Waals surface area contributed by atoms with Crippen LogP contribution in [0.15, 0.2) is 205 Å². The molecule has 0 aliphatic carbocycles. The standard InChI is InChI=1S/C48H33NOSi/c1-3-14-36(15-4-1)51(37-16-5-2-6-17-37,38-30-26-34(27-31-38)40-21-13-22-44-43-20-9-12-25-47(43)50-48(40)44)39-32-28-35(29-33-39)49-45-23-10-7-18-41(45)42-19-8-11-24-46(42)49/h1-33H. The molecule has 0 saturated carbocycles. The molecule has 0 bridgehead atoms. The Morgan fingerprint density at radius 3 is 1.43 bits per heavy atom. The highest BCUT2D eigenvalue weighted by molar-refractivity contribution is 7.19. The number of benzene rings is 8. The summed E-state index contributed by atoms with van der Waals surface area (Å²) < 4.78 is 8.84. The van der Waals surface area contributed by atoms with Gasteiger partial charge < -0.3 is 8.98 Å². The molecular formula is C48H33NOSi. The lowest BCUT2D eigenvalue weighted by Crippen LogP contribution is -2.74. The molecule has 8 aromatic carbocycles. The van der Waals surface area contributed by atoms with E-state index in [2.05, 4.69) is 199 Å². The molecule has 0 aliphatic heterocycles. The molecule has 240 valence electrons. The van der Waals surface area contributed by atoms with Crippen LogP contribution in [0.25, 0.3) is 60.6 Å². The predicted molar refractivity (Wildman–Crippen MR) is 217 cm³/mol. The number of aromatic nitrogens is 1. The monoisotopic (exact) mass is 667 g/mol. The van der Waals surface area contributed by atoms with Crippen LogP contribution in [-0.4, -0.2) is 12.6 Å². The van der Waals surface area contributed by atoms with Crippen LogP contribution in [0, 0.1) is 0 Å². The fraction of sp³-hybridized carbons (Fsp3) is 0. The third-order valence-electron chi connectivity index (χ3n) is 10.6. The van der Waals surface area contributed by atoms with E-state index in [9.17, 15) is 0 Å². The van der Waals surface area contributed by atoms with Crippen LogP contribution in [0.1, 0.15) is 0 Å². The van der Waals surface area contributed by atoms with Crippen LogP contribution in [-0.2, 0) is 0 Å². The quantitative estimate of drug-likeness (QED) is 0.128. The number of fused-ring (bicyclic) bond motifs is 6. The van der Waals surface area contributed by atoms with Gasteiger partial charge in [0, 0.05) is 32.8 Å². The second-order valence-electron chi connectivity index (χ2n) is 13.3. The second-order valence-corrected chi connectivity index (χ2v) is 17.1. The average molecular weight is 668 g/mol. The molecule has 0 aliphatic rings. The molecule has 10 rings (SSSR count). The van der Waals surface area contributed by atoms with E-state index in [4.69, 9.17) is 4.42 Å². The fourth-order valence-electron chi connectivity index (χ4n) is 8.31. The van der Waals surface area contributed by atoms with Crippen molar-refractivity contribution < 1.29 is 4.42 Å². The number of hydrogen-bond acceptors (Lipinski definition) is 1. The van der Waals surface area contributed by atoms with Gasteiger partial charge in [-0.1, -0.05) is 170 Å². The smallest absolute Gasteiger partial charge is 0.179 e. The van der Waals surface area contributed by atoms with Crippen molar-refractivity contribution in [1.29, 1.82) is 0 Å². The lowest BCUT2D eigenvalue weighted by atomic mass is 10.0. The van der Waals surface area contributed by atoms with Gasteiger partial charge in [0.15, 0.2) is 8.07 Å². The second kappa shape index (κ2) is 11.9. The van der Waals surface area contributed by atoms with E-state index >= 15 is 0 Å². The minimum Gasteiger partial charge on any atom is -0.455 e. The van der Waals surface area contributed by atoms with Crippen molar-refractivity contribution >= 4 is 72.6 Å². The molecule has 10 aromatic rings. The van der Waals surface area contributed by atoms with E-state index < -0.39 is 8.07 Å². The van der Waals surface area contributed by atoms with Gasteiger partial charge in [-0.05, 0) is 56.6 Å². The Hall–Kier alpha value is -6.42. The topological polar surface area (TPSA) is 18.1 Å². The molecule has 2 heterocycles. The summed E-state index contributed by atoms with van der Waals surface area (Å²) >= 11 is 0. The molecule has 0 unspecified atom stereocenters. The molecule has 0 radical (unpaired) electrons. The Kier molecular flexibility index (Phi) is 6.86. The highest BCUT2D eigenvalue weighted by Gasteiger charge is 2.41. The SMILES string of the molecule is c1ccc([Si](c2ccccc2)(c2ccc(-c3cccc4c3oc3ccccc34)cc2)c2ccc(-n3c4ccccc4c4ccccc43)cc2)cc1. The Morgan fingerprint density at radius 1 is 0.353 bits per heavy atom. The number of furan rings is 1. The van der Waals surface area contributed by atoms with Gasteiger partial charge >= 0.3 is 0 Å². The first-order valence-corrected chi connectivity index (χ1v) is 19.5. The summed E-state index contributed by atoms with van der Waals surface area (Å²) in [5.41, 5.74) is 7.70. The van der Waals surface area contributed by atoms with Crippen LogP contribution in [0.2, 0.25) is 0 Å². The van der Waals surface area contributed by atoms with Crippen LogP contribution in [0.5, 0.6) is 0 Å². The van der Waals surface area contributed by atoms with Crippen molar-refractivity contribution in [2.75, 3.05) is 0 Å². The Bertz CT molecular complexity index is 2740. The van der Waals surface area contributed by atoms with Gasteiger partial charge in [-0.2, -0.15) is 0 Å². The van der Waals surface area contributed by atoms with E-state index in [0.29, 0.717) is 0 Å². The van der Waals surface area contributed by atoms with E-state index in [1.54, 1.807) is 0 Å². The molecule has 0 amide bonds. The van der Waals surface area contributed by atoms with Gasteiger partial charge in [-0.3, -0.25) is 0 Å². The van der Waals surface area contributed by atoms with Crippen LogP contribution >= 0.6 is 0 Å². The summed E-state index contributed by atoms with van der Waals surface area (Å²) in [4.78, 5) is 0. The summed E-state index contributed by atoms with van der Waals surface area (Å²) in [5, 5.41) is 10.2. The molecule has 0 spiro atoms. The number of nitrogens with zero attached hydrogens (tertiary/aromatic N) is 1. The van der Waals surface area contributed by atoms with E-state index in [1.165, 1.54) is 42.6 Å². The highest BCUT2D eigenvalue weighted by atomic mass is 28.3. The zero-order valence-corrected chi connectivity index (χ0v) is 28.9. The third kappa shape index (κ3) is 4.56. The van der Waals surface area contributed by atoms with Gasteiger partial charge in [0.25, 0.3) is 0 Å². The molecule has 0 saturated heterocycles. The van der Waals surface area contributed by atoms with Gasteiger partial charge in [-0.25, -0.2) is 0 Å². The molecule has 3 heteroatoms. The molecule has 2 aromatic heterocycles. The van der Waals surface area contributed by atoms with Crippen molar-refractivity contribution in [2.45, 2.75) is 0 Å². The molecule has 0 N–H and O–H groups in total. The number of rotatable bonds is 6. The van der Waals surface area contributed by atoms with Crippen molar-refractivity contribution in [3.8, 4) is 16.8 Å². The Balaban J connectivity index is 1.17. The zero-order chi connectivity index (χ0) is 33.8. The first-order chi connectivity index (χ1) is 25.3. The maximum atomic E-state index is 6.45. The minimum atomic E-state index is -2.75. The van der Waals surface area contributed by atoms with Crippen molar-refractivity contribution in [3.05, 3.63) is 200 Å². The number of para-hydroxylation sites is 4. The average Bonchev–Trinajstić information content (AvgIpc) is 3.76. The van der Waals surface area contributed by atoms with Crippen molar-refractivity contribution in [1.82, 2.24) is 4.57 Å². The van der Waals surface area contributed by atoms with Crippen LogP contribution < -0.4 is 20.7 Å². The molecule has 2 nitrogen and oxygen atoms in total. The summed E-state index contributed by atoms with van der Waals surface area (Å²) in [6.07, 6.45) is 0. The van der Waals surface area contributed by atoms with Crippen molar-refractivity contribution in [2.24, 2.45) is 0 Å². The van der Waals surface area contributed by atoms with Gasteiger partial charge in [0.1, 0.15) is 11.2 Å². The first kappa shape index (κ1) is 29.5. The molecule has 51 heavy (non-hydrogen) atoms. The maximum Gasteiger partial charge on any atom is 0.179 e. The fourth-order valence-corrected chi connectivity index (χ4v) is 13.0. The van der Waals surface area contributed by atoms with Crippen molar-refractivity contribution in [3.63, 3.8) is 0 Å². The molecular weight excluding hydrogens is 635 g/mol.